The average molecular weight is 264 g/mol. The molecule has 17 heavy (non-hydrogen) atoms. The van der Waals surface area contributed by atoms with E-state index in [9.17, 15) is 8.42 Å². The van der Waals surface area contributed by atoms with Crippen LogP contribution in [0.2, 0.25) is 0 Å². The molecule has 0 aromatic carbocycles. The molecule has 0 fully saturated rings. The Bertz CT molecular complexity index is 285. The smallest absolute Gasteiger partial charge is 0.215 e. The molecule has 0 saturated carbocycles. The molecular formula is C12H28N2O2S. The van der Waals surface area contributed by atoms with Crippen LogP contribution in [0.15, 0.2) is 0 Å². The first kappa shape index (κ1) is 16.9. The van der Waals surface area contributed by atoms with Crippen LogP contribution in [-0.4, -0.2) is 26.3 Å². The van der Waals surface area contributed by atoms with Crippen LogP contribution in [0.1, 0.15) is 53.4 Å². The molecule has 104 valence electrons. The highest BCUT2D eigenvalue weighted by Gasteiger charge is 2.23. The van der Waals surface area contributed by atoms with Crippen molar-refractivity contribution in [2.75, 3.05) is 6.54 Å². The van der Waals surface area contributed by atoms with E-state index in [1.807, 2.05) is 13.8 Å². The lowest BCUT2D eigenvalue weighted by atomic mass is 10.0. The van der Waals surface area contributed by atoms with Gasteiger partial charge in [0.15, 0.2) is 0 Å². The van der Waals surface area contributed by atoms with E-state index in [4.69, 9.17) is 5.73 Å². The summed E-state index contributed by atoms with van der Waals surface area (Å²) < 4.78 is 26.5. The molecule has 0 amide bonds. The second kappa shape index (κ2) is 8.06. The van der Waals surface area contributed by atoms with Gasteiger partial charge in [-0.05, 0) is 25.7 Å². The zero-order valence-electron chi connectivity index (χ0n) is 11.6. The lowest BCUT2D eigenvalue weighted by Crippen LogP contribution is -2.42. The topological polar surface area (TPSA) is 72.2 Å². The maximum Gasteiger partial charge on any atom is 0.215 e. The molecule has 0 aromatic rings. The molecule has 0 bridgehead atoms. The van der Waals surface area contributed by atoms with E-state index >= 15 is 0 Å². The van der Waals surface area contributed by atoms with E-state index in [1.54, 1.807) is 0 Å². The Morgan fingerprint density at radius 3 is 2.18 bits per heavy atom. The zero-order chi connectivity index (χ0) is 13.5. The summed E-state index contributed by atoms with van der Waals surface area (Å²) >= 11 is 0. The Balaban J connectivity index is 4.13. The first-order chi connectivity index (χ1) is 7.83. The van der Waals surface area contributed by atoms with E-state index in [2.05, 4.69) is 18.6 Å². The largest absolute Gasteiger partial charge is 0.329 e. The summed E-state index contributed by atoms with van der Waals surface area (Å²) in [5, 5.41) is -0.463. The Labute approximate surface area is 106 Å². The number of sulfonamides is 1. The van der Waals surface area contributed by atoms with Gasteiger partial charge >= 0.3 is 0 Å². The number of nitrogens with one attached hydrogen (secondary N) is 1. The molecule has 0 aliphatic heterocycles. The highest BCUT2D eigenvalue weighted by molar-refractivity contribution is 7.90. The lowest BCUT2D eigenvalue weighted by Gasteiger charge is -2.19. The predicted octanol–water partition coefficient (Wildman–Crippen LogP) is 1.86. The van der Waals surface area contributed by atoms with Gasteiger partial charge in [-0.3, -0.25) is 0 Å². The summed E-state index contributed by atoms with van der Waals surface area (Å²) in [4.78, 5) is 0. The fourth-order valence-corrected chi connectivity index (χ4v) is 3.34. The predicted molar refractivity (Wildman–Crippen MR) is 73.3 cm³/mol. The summed E-state index contributed by atoms with van der Waals surface area (Å²) in [6.45, 7) is 8.30. The van der Waals surface area contributed by atoms with Crippen LogP contribution < -0.4 is 10.5 Å². The molecule has 0 saturated heterocycles. The number of rotatable bonds is 9. The van der Waals surface area contributed by atoms with Crippen LogP contribution in [-0.2, 0) is 10.0 Å². The first-order valence-corrected chi connectivity index (χ1v) is 8.09. The number of hydrogen-bond donors (Lipinski definition) is 2. The van der Waals surface area contributed by atoms with E-state index in [0.29, 0.717) is 12.3 Å². The van der Waals surface area contributed by atoms with Gasteiger partial charge in [0.1, 0.15) is 0 Å². The summed E-state index contributed by atoms with van der Waals surface area (Å²) in [7, 11) is -3.25. The van der Waals surface area contributed by atoms with Crippen molar-refractivity contribution in [2.24, 2.45) is 11.7 Å². The molecule has 0 heterocycles. The van der Waals surface area contributed by atoms with Gasteiger partial charge in [0.2, 0.25) is 10.0 Å². The van der Waals surface area contributed by atoms with Gasteiger partial charge in [0, 0.05) is 12.6 Å². The third-order valence-electron chi connectivity index (χ3n) is 2.94. The molecule has 4 nitrogen and oxygen atoms in total. The second-order valence-electron chi connectivity index (χ2n) is 5.15. The lowest BCUT2D eigenvalue weighted by molar-refractivity contribution is 0.484. The summed E-state index contributed by atoms with van der Waals surface area (Å²) in [6.07, 6.45) is 3.64. The summed E-state index contributed by atoms with van der Waals surface area (Å²) in [5.74, 6) is 0.672. The monoisotopic (exact) mass is 264 g/mol. The number of hydrogen-bond acceptors (Lipinski definition) is 3. The molecule has 2 atom stereocenters. The molecule has 0 rings (SSSR count). The third-order valence-corrected chi connectivity index (χ3v) is 5.08. The molecule has 3 N–H and O–H groups in total. The van der Waals surface area contributed by atoms with Gasteiger partial charge in [-0.1, -0.05) is 33.6 Å². The van der Waals surface area contributed by atoms with Crippen molar-refractivity contribution in [3.63, 3.8) is 0 Å². The summed E-state index contributed by atoms with van der Waals surface area (Å²) in [6, 6.07) is -0.000602. The normalized spacial score (nSPS) is 16.1. The number of nitrogens with two attached hydrogens (primary N) is 1. The van der Waals surface area contributed by atoms with Gasteiger partial charge in [-0.25, -0.2) is 13.1 Å². The molecule has 0 aromatic heterocycles. The third kappa shape index (κ3) is 7.01. The molecule has 0 aliphatic carbocycles. The van der Waals surface area contributed by atoms with E-state index in [1.165, 1.54) is 0 Å². The van der Waals surface area contributed by atoms with Crippen molar-refractivity contribution in [3.05, 3.63) is 0 Å². The van der Waals surface area contributed by atoms with E-state index < -0.39 is 15.3 Å². The fraction of sp³-hybridized carbons (Fsp3) is 1.00. The van der Waals surface area contributed by atoms with E-state index in [0.717, 1.165) is 19.3 Å². The van der Waals surface area contributed by atoms with Crippen LogP contribution in [0.4, 0.5) is 0 Å². The molecular weight excluding hydrogens is 236 g/mol. The minimum atomic E-state index is -3.25. The van der Waals surface area contributed by atoms with Crippen LogP contribution in [0.25, 0.3) is 0 Å². The van der Waals surface area contributed by atoms with Crippen LogP contribution in [0, 0.1) is 5.92 Å². The van der Waals surface area contributed by atoms with Crippen molar-refractivity contribution in [2.45, 2.75) is 64.7 Å². The zero-order valence-corrected chi connectivity index (χ0v) is 12.4. The standard InChI is InChI=1S/C12H28N2O2S/c1-5-12(9-13)17(15,16)14-11(4)8-6-7-10(2)3/h10-12,14H,5-9,13H2,1-4H3. The molecule has 0 radical (unpaired) electrons. The van der Waals surface area contributed by atoms with Gasteiger partial charge < -0.3 is 5.73 Å². The average Bonchev–Trinajstić information content (AvgIpc) is 2.17. The van der Waals surface area contributed by atoms with Crippen LogP contribution >= 0.6 is 0 Å². The van der Waals surface area contributed by atoms with Crippen molar-refractivity contribution >= 4 is 10.0 Å². The maximum atomic E-state index is 11.9. The van der Waals surface area contributed by atoms with Gasteiger partial charge in [0.05, 0.1) is 5.25 Å². The minimum absolute atomic E-state index is 0.000602. The molecule has 5 heteroatoms. The van der Waals surface area contributed by atoms with Crippen molar-refractivity contribution in [1.29, 1.82) is 0 Å². The highest BCUT2D eigenvalue weighted by Crippen LogP contribution is 2.10. The van der Waals surface area contributed by atoms with Gasteiger partial charge in [-0.2, -0.15) is 0 Å². The Morgan fingerprint density at radius 1 is 1.18 bits per heavy atom. The summed E-state index contributed by atoms with van der Waals surface area (Å²) in [5.41, 5.74) is 5.47. The highest BCUT2D eigenvalue weighted by atomic mass is 32.2. The molecule has 2 unspecified atom stereocenters. The first-order valence-electron chi connectivity index (χ1n) is 6.54. The molecule has 0 aliphatic rings. The maximum absolute atomic E-state index is 11.9. The Kier molecular flexibility index (Phi) is 8.00. The fourth-order valence-electron chi connectivity index (χ4n) is 1.78. The Morgan fingerprint density at radius 2 is 1.76 bits per heavy atom. The van der Waals surface area contributed by atoms with Gasteiger partial charge in [-0.15, -0.1) is 0 Å². The van der Waals surface area contributed by atoms with Crippen molar-refractivity contribution in [1.82, 2.24) is 4.72 Å². The SMILES string of the molecule is CCC(CN)S(=O)(=O)NC(C)CCCC(C)C. The molecule has 0 spiro atoms. The van der Waals surface area contributed by atoms with Crippen LogP contribution in [0.3, 0.4) is 0 Å². The van der Waals surface area contributed by atoms with E-state index in [-0.39, 0.29) is 12.6 Å². The van der Waals surface area contributed by atoms with Crippen LogP contribution in [0.5, 0.6) is 0 Å². The minimum Gasteiger partial charge on any atom is -0.329 e. The van der Waals surface area contributed by atoms with Crippen molar-refractivity contribution < 1.29 is 8.42 Å². The second-order valence-corrected chi connectivity index (χ2v) is 7.15. The van der Waals surface area contributed by atoms with Gasteiger partial charge in [0.25, 0.3) is 0 Å². The van der Waals surface area contributed by atoms with Crippen molar-refractivity contribution in [3.8, 4) is 0 Å². The quantitative estimate of drug-likeness (QED) is 0.667. The Hall–Kier alpha value is -0.130.